The maximum absolute atomic E-state index is 2.37. The molecule has 0 amide bonds. The standard InChI is InChI=1S/2C4H9.Zr/c2*1-4(2)3;/h2*1-3H3;. The third-order valence-electron chi connectivity index (χ3n) is 0.750. The first-order valence-corrected chi connectivity index (χ1v) is 5.96. The third-order valence-corrected chi connectivity index (χ3v) is 4.44. The summed E-state index contributed by atoms with van der Waals surface area (Å²) in [6.07, 6.45) is 0. The first-order chi connectivity index (χ1) is 3.71. The van der Waals surface area contributed by atoms with Gasteiger partial charge in [-0.05, 0) is 0 Å². The number of hydrogen-bond donors (Lipinski definition) is 0. The summed E-state index contributed by atoms with van der Waals surface area (Å²) in [4.78, 5) is 0. The van der Waals surface area contributed by atoms with Gasteiger partial charge in [0.25, 0.3) is 0 Å². The molecule has 0 bridgehead atoms. The molecule has 0 aliphatic rings. The van der Waals surface area contributed by atoms with E-state index in [1.54, 1.807) is 0 Å². The molecule has 0 fully saturated rings. The molecule has 0 saturated carbocycles. The van der Waals surface area contributed by atoms with Crippen LogP contribution in [0.15, 0.2) is 0 Å². The molecule has 54 valence electrons. The fraction of sp³-hybridized carbons (Fsp3) is 1.00. The molecule has 1 heteroatoms. The van der Waals surface area contributed by atoms with Crippen molar-refractivity contribution in [2.45, 2.75) is 47.8 Å². The van der Waals surface area contributed by atoms with Crippen LogP contribution >= 0.6 is 0 Å². The van der Waals surface area contributed by atoms with Gasteiger partial charge in [-0.2, -0.15) is 0 Å². The molecule has 0 aromatic carbocycles. The quantitative estimate of drug-likeness (QED) is 0.568. The molecule has 0 spiro atoms. The van der Waals surface area contributed by atoms with Crippen molar-refractivity contribution in [3.63, 3.8) is 0 Å². The van der Waals surface area contributed by atoms with E-state index in [0.717, 1.165) is 0 Å². The van der Waals surface area contributed by atoms with E-state index in [1.807, 2.05) is 0 Å². The number of rotatable bonds is 0. The molecule has 0 heterocycles. The van der Waals surface area contributed by atoms with Gasteiger partial charge in [0, 0.05) is 0 Å². The van der Waals surface area contributed by atoms with E-state index in [9.17, 15) is 0 Å². The molecule has 0 N–H and O–H groups in total. The van der Waals surface area contributed by atoms with Gasteiger partial charge in [0.15, 0.2) is 0 Å². The van der Waals surface area contributed by atoms with E-state index in [2.05, 4.69) is 41.5 Å². The van der Waals surface area contributed by atoms with Crippen LogP contribution in [0.5, 0.6) is 0 Å². The topological polar surface area (TPSA) is 0 Å². The maximum atomic E-state index is 2.37. The minimum absolute atomic E-state index is 0.182. The SMILES string of the molecule is C[C](C)(C)[Zr][C](C)(C)C. The Hall–Kier alpha value is 0.883. The fourth-order valence-corrected chi connectivity index (χ4v) is 6.66. The molecule has 0 nitrogen and oxygen atoms in total. The van der Waals surface area contributed by atoms with Crippen LogP contribution in [0, 0.1) is 0 Å². The van der Waals surface area contributed by atoms with E-state index >= 15 is 0 Å². The zero-order valence-electron chi connectivity index (χ0n) is 7.50. The molecule has 0 saturated heterocycles. The zero-order valence-corrected chi connectivity index (χ0v) is 9.96. The second-order valence-electron chi connectivity index (χ2n) is 4.62. The average Bonchev–Trinajstić information content (AvgIpc) is 1.14. The summed E-state index contributed by atoms with van der Waals surface area (Å²) in [6.45, 7) is 14.2. The molecular formula is C8H18Zr. The van der Waals surface area contributed by atoms with E-state index < -0.39 is 0 Å². The van der Waals surface area contributed by atoms with Crippen LogP contribution in [-0.4, -0.2) is 0 Å². The molecule has 0 unspecified atom stereocenters. The van der Waals surface area contributed by atoms with Crippen molar-refractivity contribution < 1.29 is 23.2 Å². The van der Waals surface area contributed by atoms with E-state index in [0.29, 0.717) is 6.25 Å². The number of hydrogen-bond acceptors (Lipinski definition) is 0. The van der Waals surface area contributed by atoms with Gasteiger partial charge < -0.3 is 0 Å². The first-order valence-electron chi connectivity index (χ1n) is 3.50. The van der Waals surface area contributed by atoms with Gasteiger partial charge in [-0.25, -0.2) is 0 Å². The molecule has 0 aliphatic heterocycles. The van der Waals surface area contributed by atoms with Gasteiger partial charge in [-0.3, -0.25) is 0 Å². The molecular weight excluding hydrogens is 187 g/mol. The van der Waals surface area contributed by atoms with Crippen molar-refractivity contribution in [3.8, 4) is 0 Å². The Morgan fingerprint density at radius 1 is 0.667 bits per heavy atom. The third kappa shape index (κ3) is 8.88. The first kappa shape index (κ1) is 9.88. The van der Waals surface area contributed by atoms with Crippen LogP contribution in [0.3, 0.4) is 0 Å². The molecule has 0 aliphatic carbocycles. The monoisotopic (exact) mass is 204 g/mol. The molecule has 0 rings (SSSR count). The zero-order chi connectivity index (χ0) is 7.71. The van der Waals surface area contributed by atoms with Crippen molar-refractivity contribution in [2.24, 2.45) is 0 Å². The minimum atomic E-state index is -0.182. The Labute approximate surface area is 71.0 Å². The van der Waals surface area contributed by atoms with Crippen molar-refractivity contribution in [1.29, 1.82) is 0 Å². The second-order valence-corrected chi connectivity index (χ2v) is 12.6. The van der Waals surface area contributed by atoms with Crippen LogP contribution in [0.2, 0.25) is 6.25 Å². The average molecular weight is 205 g/mol. The fourth-order valence-electron chi connectivity index (χ4n) is 1.12. The molecule has 0 atom stereocenters. The van der Waals surface area contributed by atoms with Crippen LogP contribution < -0.4 is 0 Å². The van der Waals surface area contributed by atoms with Crippen LogP contribution in [-0.2, 0) is 23.2 Å². The molecule has 0 aromatic rings. The van der Waals surface area contributed by atoms with E-state index in [4.69, 9.17) is 0 Å². The Morgan fingerprint density at radius 2 is 0.889 bits per heavy atom. The van der Waals surface area contributed by atoms with Gasteiger partial charge in [-0.1, -0.05) is 0 Å². The summed E-state index contributed by atoms with van der Waals surface area (Å²) >= 11 is -0.182. The normalized spacial score (nSPS) is 13.6. The Balaban J connectivity index is 3.75. The second kappa shape index (κ2) is 2.86. The van der Waals surface area contributed by atoms with Crippen molar-refractivity contribution in [1.82, 2.24) is 0 Å². The van der Waals surface area contributed by atoms with Crippen LogP contribution in [0.25, 0.3) is 0 Å². The van der Waals surface area contributed by atoms with Crippen molar-refractivity contribution >= 4 is 0 Å². The molecule has 0 aromatic heterocycles. The molecule has 9 heavy (non-hydrogen) atoms. The predicted octanol–water partition coefficient (Wildman–Crippen LogP) is 3.51. The summed E-state index contributed by atoms with van der Waals surface area (Å²) < 4.78 is 1.31. The van der Waals surface area contributed by atoms with Crippen LogP contribution in [0.4, 0.5) is 0 Å². The summed E-state index contributed by atoms with van der Waals surface area (Å²) in [5, 5.41) is 0. The van der Waals surface area contributed by atoms with Gasteiger partial charge in [-0.15, -0.1) is 0 Å². The summed E-state index contributed by atoms with van der Waals surface area (Å²) in [6, 6.07) is 0. The van der Waals surface area contributed by atoms with Gasteiger partial charge in [0.2, 0.25) is 0 Å². The van der Waals surface area contributed by atoms with E-state index in [1.165, 1.54) is 0 Å². The summed E-state index contributed by atoms with van der Waals surface area (Å²) in [7, 11) is 0. The van der Waals surface area contributed by atoms with Crippen molar-refractivity contribution in [3.05, 3.63) is 0 Å². The Bertz CT molecular complexity index is 69.7. The Morgan fingerprint density at radius 3 is 0.889 bits per heavy atom. The van der Waals surface area contributed by atoms with E-state index in [-0.39, 0.29) is 23.2 Å². The Kier molecular flexibility index (Phi) is 3.15. The predicted molar refractivity (Wildman–Crippen MR) is 39.4 cm³/mol. The summed E-state index contributed by atoms with van der Waals surface area (Å²) in [5.74, 6) is 0. The summed E-state index contributed by atoms with van der Waals surface area (Å²) in [5.41, 5.74) is 0. The molecule has 0 radical (unpaired) electrons. The van der Waals surface area contributed by atoms with Crippen LogP contribution in [0.1, 0.15) is 41.5 Å². The van der Waals surface area contributed by atoms with Gasteiger partial charge in [0.05, 0.1) is 0 Å². The van der Waals surface area contributed by atoms with Crippen molar-refractivity contribution in [2.75, 3.05) is 0 Å². The van der Waals surface area contributed by atoms with Gasteiger partial charge in [0.1, 0.15) is 0 Å². The van der Waals surface area contributed by atoms with Gasteiger partial charge >= 0.3 is 71.0 Å².